The van der Waals surface area contributed by atoms with Crippen LogP contribution < -0.4 is 9.64 Å². The summed E-state index contributed by atoms with van der Waals surface area (Å²) in [7, 11) is 0. The van der Waals surface area contributed by atoms with Gasteiger partial charge in [0.2, 0.25) is 0 Å². The zero-order valence-corrected chi connectivity index (χ0v) is 20.8. The molecule has 1 heterocycles. The van der Waals surface area contributed by atoms with Gasteiger partial charge in [-0.2, -0.15) is 5.26 Å². The van der Waals surface area contributed by atoms with Gasteiger partial charge in [0.25, 0.3) is 5.91 Å². The van der Waals surface area contributed by atoms with Gasteiger partial charge in [-0.1, -0.05) is 54.1 Å². The highest BCUT2D eigenvalue weighted by Crippen LogP contribution is 2.29. The minimum Gasteiger partial charge on any atom is -0.488 e. The number of nitriles is 1. The minimum atomic E-state index is -0.245. The third kappa shape index (κ3) is 5.80. The third-order valence-corrected chi connectivity index (χ3v) is 6.64. The van der Waals surface area contributed by atoms with Gasteiger partial charge in [-0.15, -0.1) is 0 Å². The predicted octanol–water partition coefficient (Wildman–Crippen LogP) is 5.94. The molecule has 1 aliphatic rings. The first-order valence-corrected chi connectivity index (χ1v) is 12.1. The number of piperazine rings is 1. The van der Waals surface area contributed by atoms with Crippen LogP contribution >= 0.6 is 27.5 Å². The number of nitrogens with zero attached hydrogens (tertiary/aromatic N) is 3. The maximum Gasteiger partial charge on any atom is 0.264 e. The van der Waals surface area contributed by atoms with E-state index in [2.05, 4.69) is 39.0 Å². The fourth-order valence-electron chi connectivity index (χ4n) is 3.78. The van der Waals surface area contributed by atoms with Crippen molar-refractivity contribution < 1.29 is 9.53 Å². The number of halogens is 2. The van der Waals surface area contributed by atoms with E-state index in [0.29, 0.717) is 30.5 Å². The summed E-state index contributed by atoms with van der Waals surface area (Å²) in [6.45, 7) is 2.95. The third-order valence-electron chi connectivity index (χ3n) is 5.65. The summed E-state index contributed by atoms with van der Waals surface area (Å²) in [5.74, 6) is 0.407. The Morgan fingerprint density at radius 1 is 1.03 bits per heavy atom. The van der Waals surface area contributed by atoms with Crippen LogP contribution in [0.15, 0.2) is 82.8 Å². The Balaban J connectivity index is 1.40. The molecule has 0 bridgehead atoms. The summed E-state index contributed by atoms with van der Waals surface area (Å²) in [5, 5.41) is 10.3. The van der Waals surface area contributed by atoms with E-state index in [1.807, 2.05) is 60.7 Å². The second-order valence-electron chi connectivity index (χ2n) is 7.85. The van der Waals surface area contributed by atoms with Crippen LogP contribution in [0.2, 0.25) is 5.02 Å². The number of hydrogen-bond acceptors (Lipinski definition) is 4. The molecule has 1 fully saturated rings. The number of para-hydroxylation sites is 1. The Kier molecular flexibility index (Phi) is 7.89. The summed E-state index contributed by atoms with van der Waals surface area (Å²) in [5.41, 5.74) is 2.90. The number of rotatable bonds is 6. The van der Waals surface area contributed by atoms with Gasteiger partial charge in [-0.05, 0) is 57.9 Å². The molecule has 0 atom stereocenters. The van der Waals surface area contributed by atoms with Gasteiger partial charge in [0.1, 0.15) is 24.0 Å². The molecule has 4 rings (SSSR count). The van der Waals surface area contributed by atoms with Gasteiger partial charge in [-0.25, -0.2) is 0 Å². The standard InChI is InChI=1S/C27H23BrClN3O2/c28-24-17-20(10-11-26(24)34-19-21-6-4-5-9-25(21)29)16-22(18-30)27(33)32-14-12-31(13-15-32)23-7-2-1-3-8-23/h1-11,16-17H,12-15,19H2/b22-16-. The molecule has 34 heavy (non-hydrogen) atoms. The lowest BCUT2D eigenvalue weighted by Gasteiger charge is -2.36. The van der Waals surface area contributed by atoms with Gasteiger partial charge < -0.3 is 14.5 Å². The number of benzene rings is 3. The lowest BCUT2D eigenvalue weighted by molar-refractivity contribution is -0.126. The highest BCUT2D eigenvalue weighted by atomic mass is 79.9. The number of amides is 1. The van der Waals surface area contributed by atoms with E-state index in [0.717, 1.165) is 34.4 Å². The first-order chi connectivity index (χ1) is 16.5. The monoisotopic (exact) mass is 535 g/mol. The predicted molar refractivity (Wildman–Crippen MR) is 139 cm³/mol. The van der Waals surface area contributed by atoms with Gasteiger partial charge >= 0.3 is 0 Å². The molecule has 0 spiro atoms. The largest absolute Gasteiger partial charge is 0.488 e. The topological polar surface area (TPSA) is 56.6 Å². The van der Waals surface area contributed by atoms with Crippen molar-refractivity contribution in [3.05, 3.63) is 99.0 Å². The van der Waals surface area contributed by atoms with Crippen molar-refractivity contribution in [1.82, 2.24) is 4.90 Å². The van der Waals surface area contributed by atoms with Gasteiger partial charge in [0.05, 0.1) is 4.47 Å². The first-order valence-electron chi connectivity index (χ1n) is 10.9. The summed E-state index contributed by atoms with van der Waals surface area (Å²) in [6.07, 6.45) is 1.62. The Labute approximate surface area is 212 Å². The van der Waals surface area contributed by atoms with E-state index >= 15 is 0 Å². The Bertz CT molecular complexity index is 1230. The molecular formula is C27H23BrClN3O2. The zero-order valence-electron chi connectivity index (χ0n) is 18.5. The Hall–Kier alpha value is -3.27. The van der Waals surface area contributed by atoms with E-state index in [9.17, 15) is 10.1 Å². The Morgan fingerprint density at radius 2 is 1.74 bits per heavy atom. The normalized spacial score (nSPS) is 14.0. The molecule has 1 aliphatic heterocycles. The van der Waals surface area contributed by atoms with Crippen molar-refractivity contribution in [2.75, 3.05) is 31.1 Å². The van der Waals surface area contributed by atoms with Crippen LogP contribution in [0.1, 0.15) is 11.1 Å². The van der Waals surface area contributed by atoms with Crippen LogP contribution in [0, 0.1) is 11.3 Å². The van der Waals surface area contributed by atoms with Crippen molar-refractivity contribution >= 4 is 45.2 Å². The molecule has 0 N–H and O–H groups in total. The van der Waals surface area contributed by atoms with E-state index in [-0.39, 0.29) is 11.5 Å². The molecule has 0 aromatic heterocycles. The number of hydrogen-bond donors (Lipinski definition) is 0. The molecule has 0 radical (unpaired) electrons. The average Bonchev–Trinajstić information content (AvgIpc) is 2.88. The van der Waals surface area contributed by atoms with Crippen molar-refractivity contribution in [3.8, 4) is 11.8 Å². The van der Waals surface area contributed by atoms with E-state index in [1.165, 1.54) is 0 Å². The first kappa shape index (κ1) is 23.9. The smallest absolute Gasteiger partial charge is 0.264 e. The summed E-state index contributed by atoms with van der Waals surface area (Å²) >= 11 is 9.72. The van der Waals surface area contributed by atoms with Crippen LogP contribution in [0.25, 0.3) is 6.08 Å². The van der Waals surface area contributed by atoms with Crippen LogP contribution in [0.3, 0.4) is 0 Å². The van der Waals surface area contributed by atoms with Crippen molar-refractivity contribution in [2.45, 2.75) is 6.61 Å². The minimum absolute atomic E-state index is 0.116. The highest BCUT2D eigenvalue weighted by molar-refractivity contribution is 9.10. The van der Waals surface area contributed by atoms with E-state index < -0.39 is 0 Å². The second-order valence-corrected chi connectivity index (χ2v) is 9.12. The van der Waals surface area contributed by atoms with E-state index in [1.54, 1.807) is 11.0 Å². The highest BCUT2D eigenvalue weighted by Gasteiger charge is 2.24. The molecule has 0 aliphatic carbocycles. The molecule has 7 heteroatoms. The van der Waals surface area contributed by atoms with Gasteiger partial charge in [0.15, 0.2) is 0 Å². The lowest BCUT2D eigenvalue weighted by atomic mass is 10.1. The molecule has 0 saturated carbocycles. The zero-order chi connectivity index (χ0) is 23.9. The molecule has 172 valence electrons. The molecule has 1 amide bonds. The lowest BCUT2D eigenvalue weighted by Crippen LogP contribution is -2.49. The number of carbonyl (C=O) groups is 1. The Morgan fingerprint density at radius 3 is 2.41 bits per heavy atom. The maximum atomic E-state index is 13.0. The van der Waals surface area contributed by atoms with Crippen molar-refractivity contribution in [1.29, 1.82) is 5.26 Å². The summed E-state index contributed by atoms with van der Waals surface area (Å²) in [6, 6.07) is 25.2. The summed E-state index contributed by atoms with van der Waals surface area (Å²) < 4.78 is 6.61. The fraction of sp³-hybridized carbons (Fsp3) is 0.185. The molecule has 3 aromatic rings. The van der Waals surface area contributed by atoms with Crippen LogP contribution in [0.4, 0.5) is 5.69 Å². The maximum absolute atomic E-state index is 13.0. The van der Waals surface area contributed by atoms with Gasteiger partial charge in [-0.3, -0.25) is 4.79 Å². The van der Waals surface area contributed by atoms with Gasteiger partial charge in [0, 0.05) is 42.5 Å². The van der Waals surface area contributed by atoms with Crippen molar-refractivity contribution in [2.24, 2.45) is 0 Å². The number of anilines is 1. The van der Waals surface area contributed by atoms with Crippen molar-refractivity contribution in [3.63, 3.8) is 0 Å². The molecule has 1 saturated heterocycles. The number of carbonyl (C=O) groups excluding carboxylic acids is 1. The quantitative estimate of drug-likeness (QED) is 0.289. The van der Waals surface area contributed by atoms with E-state index in [4.69, 9.17) is 16.3 Å². The molecule has 5 nitrogen and oxygen atoms in total. The molecule has 3 aromatic carbocycles. The molecule has 0 unspecified atom stereocenters. The fourth-order valence-corrected chi connectivity index (χ4v) is 4.48. The van der Waals surface area contributed by atoms with Crippen LogP contribution in [-0.4, -0.2) is 37.0 Å². The average molecular weight is 537 g/mol. The summed E-state index contributed by atoms with van der Waals surface area (Å²) in [4.78, 5) is 17.0. The van der Waals surface area contributed by atoms with Crippen LogP contribution in [-0.2, 0) is 11.4 Å². The van der Waals surface area contributed by atoms with Crippen LogP contribution in [0.5, 0.6) is 5.75 Å². The second kappa shape index (κ2) is 11.2. The molecular weight excluding hydrogens is 514 g/mol. The number of ether oxygens (including phenoxy) is 1. The SMILES string of the molecule is N#C/C(=C/c1ccc(OCc2ccccc2Cl)c(Br)c1)C(=O)N1CCN(c2ccccc2)CC1.